The third-order valence-electron chi connectivity index (χ3n) is 5.17. The van der Waals surface area contributed by atoms with Crippen molar-refractivity contribution in [2.24, 2.45) is 0 Å². The van der Waals surface area contributed by atoms with E-state index >= 15 is 0 Å². The fraction of sp³-hybridized carbons (Fsp3) is 0.200. The van der Waals surface area contributed by atoms with Gasteiger partial charge in [0.05, 0.1) is 16.8 Å². The van der Waals surface area contributed by atoms with Crippen molar-refractivity contribution in [3.05, 3.63) is 83.2 Å². The van der Waals surface area contributed by atoms with E-state index in [-0.39, 0.29) is 0 Å². The number of nitriles is 1. The van der Waals surface area contributed by atoms with Gasteiger partial charge in [-0.25, -0.2) is 0 Å². The van der Waals surface area contributed by atoms with Gasteiger partial charge < -0.3 is 9.30 Å². The van der Waals surface area contributed by atoms with Crippen LogP contribution in [0.1, 0.15) is 29.4 Å². The van der Waals surface area contributed by atoms with E-state index < -0.39 is 0 Å². The SMILES string of the molecule is CCn1c(C)cc(C#N)c1-c1ccc(COc2cc(C)nc3ccccc23)cc1. The number of aromatic nitrogens is 2. The minimum Gasteiger partial charge on any atom is -0.488 e. The van der Waals surface area contributed by atoms with Crippen molar-refractivity contribution in [3.8, 4) is 23.1 Å². The topological polar surface area (TPSA) is 50.8 Å². The molecule has 2 aromatic carbocycles. The maximum Gasteiger partial charge on any atom is 0.131 e. The smallest absolute Gasteiger partial charge is 0.131 e. The monoisotopic (exact) mass is 381 g/mol. The van der Waals surface area contributed by atoms with Crippen LogP contribution in [0.15, 0.2) is 60.7 Å². The van der Waals surface area contributed by atoms with Crippen LogP contribution in [0, 0.1) is 25.2 Å². The van der Waals surface area contributed by atoms with E-state index in [1.54, 1.807) is 0 Å². The molecule has 0 aliphatic heterocycles. The van der Waals surface area contributed by atoms with Crippen molar-refractivity contribution in [3.63, 3.8) is 0 Å². The number of hydrogen-bond donors (Lipinski definition) is 0. The van der Waals surface area contributed by atoms with Gasteiger partial charge in [-0.05, 0) is 50.1 Å². The number of aryl methyl sites for hydroxylation is 2. The van der Waals surface area contributed by atoms with Crippen LogP contribution in [-0.4, -0.2) is 9.55 Å². The summed E-state index contributed by atoms with van der Waals surface area (Å²) in [6.45, 7) is 7.43. The fourth-order valence-electron chi connectivity index (χ4n) is 3.79. The molecule has 29 heavy (non-hydrogen) atoms. The summed E-state index contributed by atoms with van der Waals surface area (Å²) in [5.41, 5.74) is 6.81. The Hall–Kier alpha value is -3.58. The first kappa shape index (κ1) is 18.8. The van der Waals surface area contributed by atoms with Gasteiger partial charge in [-0.15, -0.1) is 0 Å². The van der Waals surface area contributed by atoms with Crippen LogP contribution in [-0.2, 0) is 13.2 Å². The molecular formula is C25H23N3O. The predicted octanol–water partition coefficient (Wildman–Crippen LogP) is 5.79. The molecule has 0 atom stereocenters. The zero-order valence-electron chi connectivity index (χ0n) is 16.9. The molecule has 0 unspecified atom stereocenters. The molecular weight excluding hydrogens is 358 g/mol. The number of pyridine rings is 1. The van der Waals surface area contributed by atoms with Crippen molar-refractivity contribution in [1.82, 2.24) is 9.55 Å². The average Bonchev–Trinajstić information content (AvgIpc) is 3.07. The average molecular weight is 381 g/mol. The second-order valence-corrected chi connectivity index (χ2v) is 7.17. The van der Waals surface area contributed by atoms with Crippen LogP contribution in [0.4, 0.5) is 0 Å². The Bertz CT molecular complexity index is 1210. The van der Waals surface area contributed by atoms with Gasteiger partial charge in [-0.2, -0.15) is 5.26 Å². The maximum absolute atomic E-state index is 9.50. The summed E-state index contributed by atoms with van der Waals surface area (Å²) in [7, 11) is 0. The summed E-state index contributed by atoms with van der Waals surface area (Å²) < 4.78 is 8.30. The number of benzene rings is 2. The Labute approximate surface area is 171 Å². The molecule has 0 aliphatic rings. The van der Waals surface area contributed by atoms with E-state index in [0.717, 1.165) is 51.4 Å². The second-order valence-electron chi connectivity index (χ2n) is 7.17. The summed E-state index contributed by atoms with van der Waals surface area (Å²) in [5, 5.41) is 10.5. The fourth-order valence-corrected chi connectivity index (χ4v) is 3.79. The number of nitrogens with zero attached hydrogens (tertiary/aromatic N) is 3. The molecule has 0 fully saturated rings. The third kappa shape index (κ3) is 3.60. The first-order valence-corrected chi connectivity index (χ1v) is 9.79. The minimum absolute atomic E-state index is 0.479. The van der Waals surface area contributed by atoms with E-state index in [2.05, 4.69) is 46.8 Å². The van der Waals surface area contributed by atoms with Gasteiger partial charge in [0, 0.05) is 29.4 Å². The Morgan fingerprint density at radius 3 is 2.52 bits per heavy atom. The molecule has 2 heterocycles. The number of ether oxygens (including phenoxy) is 1. The summed E-state index contributed by atoms with van der Waals surface area (Å²) in [6.07, 6.45) is 0. The standard InChI is InChI=1S/C25H23N3O/c1-4-28-18(3)14-21(15-26)25(28)20-11-9-19(10-12-20)16-29-24-13-17(2)27-23-8-6-5-7-22(23)24/h5-14H,4,16H2,1-3H3. The molecule has 0 spiro atoms. The Morgan fingerprint density at radius 1 is 1.03 bits per heavy atom. The molecule has 4 aromatic rings. The van der Waals surface area contributed by atoms with Gasteiger partial charge in [-0.3, -0.25) is 4.98 Å². The van der Waals surface area contributed by atoms with Crippen molar-refractivity contribution in [2.75, 3.05) is 0 Å². The zero-order valence-corrected chi connectivity index (χ0v) is 16.9. The largest absolute Gasteiger partial charge is 0.488 e. The van der Waals surface area contributed by atoms with Crippen LogP contribution in [0.5, 0.6) is 5.75 Å². The lowest BCUT2D eigenvalue weighted by molar-refractivity contribution is 0.309. The molecule has 0 amide bonds. The molecule has 0 aliphatic carbocycles. The van der Waals surface area contributed by atoms with Gasteiger partial charge >= 0.3 is 0 Å². The normalized spacial score (nSPS) is 10.8. The highest BCUT2D eigenvalue weighted by Gasteiger charge is 2.13. The number of rotatable bonds is 5. The summed E-state index contributed by atoms with van der Waals surface area (Å²) in [4.78, 5) is 4.56. The van der Waals surface area contributed by atoms with Crippen LogP contribution in [0.25, 0.3) is 22.2 Å². The maximum atomic E-state index is 9.50. The first-order valence-electron chi connectivity index (χ1n) is 9.79. The number of hydrogen-bond acceptors (Lipinski definition) is 3. The molecule has 0 saturated carbocycles. The molecule has 2 aromatic heterocycles. The molecule has 0 N–H and O–H groups in total. The molecule has 0 radical (unpaired) electrons. The summed E-state index contributed by atoms with van der Waals surface area (Å²) >= 11 is 0. The van der Waals surface area contributed by atoms with Gasteiger partial charge in [0.2, 0.25) is 0 Å². The lowest BCUT2D eigenvalue weighted by Gasteiger charge is -2.12. The third-order valence-corrected chi connectivity index (χ3v) is 5.17. The Morgan fingerprint density at radius 2 is 1.79 bits per heavy atom. The van der Waals surface area contributed by atoms with Crippen LogP contribution < -0.4 is 4.74 Å². The van der Waals surface area contributed by atoms with Gasteiger partial charge in [-0.1, -0.05) is 36.4 Å². The van der Waals surface area contributed by atoms with E-state index in [0.29, 0.717) is 12.2 Å². The molecule has 4 nitrogen and oxygen atoms in total. The Balaban J connectivity index is 1.59. The van der Waals surface area contributed by atoms with E-state index in [1.165, 1.54) is 0 Å². The quantitative estimate of drug-likeness (QED) is 0.439. The van der Waals surface area contributed by atoms with Crippen molar-refractivity contribution in [2.45, 2.75) is 33.9 Å². The highest BCUT2D eigenvalue weighted by molar-refractivity contribution is 5.85. The highest BCUT2D eigenvalue weighted by Crippen LogP contribution is 2.29. The molecule has 0 bridgehead atoms. The zero-order chi connectivity index (χ0) is 20.4. The van der Waals surface area contributed by atoms with Crippen LogP contribution in [0.2, 0.25) is 0 Å². The van der Waals surface area contributed by atoms with Crippen molar-refractivity contribution in [1.29, 1.82) is 5.26 Å². The number of fused-ring (bicyclic) bond motifs is 1. The predicted molar refractivity (Wildman–Crippen MR) is 116 cm³/mol. The Kier molecular flexibility index (Phi) is 5.05. The van der Waals surface area contributed by atoms with Crippen LogP contribution in [0.3, 0.4) is 0 Å². The van der Waals surface area contributed by atoms with E-state index in [1.807, 2.05) is 50.2 Å². The molecule has 4 rings (SSSR count). The summed E-state index contributed by atoms with van der Waals surface area (Å²) in [5.74, 6) is 0.847. The molecule has 144 valence electrons. The first-order chi connectivity index (χ1) is 14.1. The number of para-hydroxylation sites is 1. The van der Waals surface area contributed by atoms with E-state index in [4.69, 9.17) is 4.74 Å². The van der Waals surface area contributed by atoms with Crippen LogP contribution >= 0.6 is 0 Å². The van der Waals surface area contributed by atoms with Crippen molar-refractivity contribution >= 4 is 10.9 Å². The molecule has 0 saturated heterocycles. The van der Waals surface area contributed by atoms with Gasteiger partial charge in [0.15, 0.2) is 0 Å². The summed E-state index contributed by atoms with van der Waals surface area (Å²) in [6, 6.07) is 22.5. The highest BCUT2D eigenvalue weighted by atomic mass is 16.5. The minimum atomic E-state index is 0.479. The lowest BCUT2D eigenvalue weighted by Crippen LogP contribution is -2.01. The van der Waals surface area contributed by atoms with Gasteiger partial charge in [0.25, 0.3) is 0 Å². The van der Waals surface area contributed by atoms with E-state index in [9.17, 15) is 5.26 Å². The van der Waals surface area contributed by atoms with Gasteiger partial charge in [0.1, 0.15) is 18.4 Å². The van der Waals surface area contributed by atoms with Crippen molar-refractivity contribution < 1.29 is 4.74 Å². The second kappa shape index (κ2) is 7.81. The molecule has 4 heteroatoms. The lowest BCUT2D eigenvalue weighted by atomic mass is 10.1.